The quantitative estimate of drug-likeness (QED) is 0.419. The number of furan rings is 1. The first-order valence-corrected chi connectivity index (χ1v) is 7.06. The molecule has 0 spiro atoms. The van der Waals surface area contributed by atoms with Crippen LogP contribution in [0, 0.1) is 10.1 Å². The Morgan fingerprint density at radius 3 is 2.88 bits per heavy atom. The van der Waals surface area contributed by atoms with E-state index in [1.165, 1.54) is 24.7 Å². The predicted octanol–water partition coefficient (Wildman–Crippen LogP) is 2.81. The molecule has 0 aliphatic carbocycles. The van der Waals surface area contributed by atoms with Gasteiger partial charge in [-0.15, -0.1) is 0 Å². The molecule has 0 radical (unpaired) electrons. The maximum atomic E-state index is 10.4. The Bertz CT molecular complexity index is 341. The van der Waals surface area contributed by atoms with Crippen LogP contribution >= 0.6 is 11.8 Å². The van der Waals surface area contributed by atoms with E-state index in [1.807, 2.05) is 11.8 Å². The van der Waals surface area contributed by atoms with Crippen molar-refractivity contribution in [1.29, 1.82) is 0 Å². The van der Waals surface area contributed by atoms with Gasteiger partial charge >= 0.3 is 5.88 Å². The summed E-state index contributed by atoms with van der Waals surface area (Å²) in [7, 11) is 0. The summed E-state index contributed by atoms with van der Waals surface area (Å²) >= 11 is 1.87. The van der Waals surface area contributed by atoms with E-state index in [0.717, 1.165) is 13.0 Å². The van der Waals surface area contributed by atoms with E-state index in [0.29, 0.717) is 12.3 Å². The van der Waals surface area contributed by atoms with Crippen LogP contribution in [0.4, 0.5) is 5.88 Å². The molecule has 1 rings (SSSR count). The summed E-state index contributed by atoms with van der Waals surface area (Å²) in [6, 6.07) is 3.02. The van der Waals surface area contributed by atoms with E-state index in [9.17, 15) is 10.1 Å². The fraction of sp³-hybridized carbons (Fsp3) is 0.636. The molecular formula is C11H18N2O3S. The van der Waals surface area contributed by atoms with Crippen LogP contribution in [0.3, 0.4) is 0 Å². The van der Waals surface area contributed by atoms with Crippen LogP contribution in [-0.2, 0) is 6.54 Å². The number of nitro groups is 1. The number of hydrogen-bond acceptors (Lipinski definition) is 5. The standard InChI is InChI=1S/C11H18N2O3S/c1-17-8-4-2-3-7-12-9-10-5-6-11(16-10)13(14)15/h5-6,12H,2-4,7-9H2,1H3. The van der Waals surface area contributed by atoms with Gasteiger partial charge in [0, 0.05) is 0 Å². The van der Waals surface area contributed by atoms with E-state index < -0.39 is 4.92 Å². The number of hydrogen-bond donors (Lipinski definition) is 1. The monoisotopic (exact) mass is 258 g/mol. The lowest BCUT2D eigenvalue weighted by atomic mass is 10.2. The lowest BCUT2D eigenvalue weighted by Crippen LogP contribution is -2.14. The first kappa shape index (κ1) is 14.1. The molecule has 0 atom stereocenters. The highest BCUT2D eigenvalue weighted by Crippen LogP contribution is 2.15. The second-order valence-corrected chi connectivity index (χ2v) is 4.71. The number of thioether (sulfide) groups is 1. The van der Waals surface area contributed by atoms with Crippen LogP contribution in [0.1, 0.15) is 25.0 Å². The minimum Gasteiger partial charge on any atom is -0.404 e. The van der Waals surface area contributed by atoms with Crippen molar-refractivity contribution in [2.24, 2.45) is 0 Å². The van der Waals surface area contributed by atoms with Gasteiger partial charge in [0.1, 0.15) is 10.7 Å². The third-order valence-electron chi connectivity index (χ3n) is 2.33. The van der Waals surface area contributed by atoms with Gasteiger partial charge in [0.2, 0.25) is 0 Å². The molecule has 1 heterocycles. The largest absolute Gasteiger partial charge is 0.433 e. The van der Waals surface area contributed by atoms with E-state index in [2.05, 4.69) is 11.6 Å². The van der Waals surface area contributed by atoms with Crippen LogP contribution in [0.2, 0.25) is 0 Å². The molecule has 0 fully saturated rings. The summed E-state index contributed by atoms with van der Waals surface area (Å²) in [5.41, 5.74) is 0. The van der Waals surface area contributed by atoms with Gasteiger partial charge in [-0.1, -0.05) is 6.42 Å². The molecule has 96 valence electrons. The summed E-state index contributed by atoms with van der Waals surface area (Å²) in [4.78, 5) is 9.86. The molecule has 0 bridgehead atoms. The number of unbranched alkanes of at least 4 members (excludes halogenated alkanes) is 2. The van der Waals surface area contributed by atoms with Crippen molar-refractivity contribution >= 4 is 17.6 Å². The van der Waals surface area contributed by atoms with Crippen LogP contribution in [0.5, 0.6) is 0 Å². The fourth-order valence-electron chi connectivity index (χ4n) is 1.44. The number of nitrogens with one attached hydrogen (secondary N) is 1. The van der Waals surface area contributed by atoms with Crippen LogP contribution in [0.15, 0.2) is 16.5 Å². The maximum absolute atomic E-state index is 10.4. The smallest absolute Gasteiger partial charge is 0.404 e. The molecule has 0 saturated carbocycles. The van der Waals surface area contributed by atoms with Gasteiger partial charge in [-0.2, -0.15) is 11.8 Å². The molecule has 0 aliphatic rings. The van der Waals surface area contributed by atoms with Crippen molar-refractivity contribution in [2.45, 2.75) is 25.8 Å². The average molecular weight is 258 g/mol. The van der Waals surface area contributed by atoms with E-state index >= 15 is 0 Å². The number of nitrogens with zero attached hydrogens (tertiary/aromatic N) is 1. The van der Waals surface area contributed by atoms with Crippen LogP contribution < -0.4 is 5.32 Å². The summed E-state index contributed by atoms with van der Waals surface area (Å²) in [5.74, 6) is 1.63. The van der Waals surface area contributed by atoms with Crippen molar-refractivity contribution in [2.75, 3.05) is 18.6 Å². The summed E-state index contributed by atoms with van der Waals surface area (Å²) in [5, 5.41) is 13.6. The summed E-state index contributed by atoms with van der Waals surface area (Å²) in [6.45, 7) is 1.47. The van der Waals surface area contributed by atoms with Gasteiger partial charge in [0.25, 0.3) is 0 Å². The Kier molecular flexibility index (Phi) is 6.73. The summed E-state index contributed by atoms with van der Waals surface area (Å²) in [6.07, 6.45) is 5.70. The van der Waals surface area contributed by atoms with E-state index in [1.54, 1.807) is 6.07 Å². The van der Waals surface area contributed by atoms with Gasteiger partial charge in [0.15, 0.2) is 0 Å². The molecule has 1 aromatic rings. The van der Waals surface area contributed by atoms with Gasteiger partial charge < -0.3 is 9.73 Å². The highest BCUT2D eigenvalue weighted by atomic mass is 32.2. The molecule has 0 amide bonds. The molecule has 5 nitrogen and oxygen atoms in total. The van der Waals surface area contributed by atoms with Crippen molar-refractivity contribution < 1.29 is 9.34 Å². The highest BCUT2D eigenvalue weighted by molar-refractivity contribution is 7.98. The zero-order chi connectivity index (χ0) is 12.5. The van der Waals surface area contributed by atoms with Crippen LogP contribution in [0.25, 0.3) is 0 Å². The van der Waals surface area contributed by atoms with Crippen molar-refractivity contribution in [3.63, 3.8) is 0 Å². The highest BCUT2D eigenvalue weighted by Gasteiger charge is 2.10. The van der Waals surface area contributed by atoms with Crippen molar-refractivity contribution in [3.05, 3.63) is 28.0 Å². The fourth-order valence-corrected chi connectivity index (χ4v) is 1.94. The Morgan fingerprint density at radius 2 is 2.24 bits per heavy atom. The SMILES string of the molecule is CSCCCCCNCc1ccc([N+](=O)[O-])o1. The van der Waals surface area contributed by atoms with Gasteiger partial charge in [-0.3, -0.25) is 10.1 Å². The molecule has 0 aliphatic heterocycles. The van der Waals surface area contributed by atoms with Gasteiger partial charge in [-0.05, 0) is 37.5 Å². The molecule has 1 N–H and O–H groups in total. The Labute approximate surface area is 105 Å². The second kappa shape index (κ2) is 8.14. The van der Waals surface area contributed by atoms with Crippen molar-refractivity contribution in [3.8, 4) is 0 Å². The first-order chi connectivity index (χ1) is 8.24. The first-order valence-electron chi connectivity index (χ1n) is 5.67. The third kappa shape index (κ3) is 5.74. The molecule has 0 unspecified atom stereocenters. The maximum Gasteiger partial charge on any atom is 0.433 e. The van der Waals surface area contributed by atoms with Gasteiger partial charge in [0.05, 0.1) is 12.6 Å². The molecule has 0 saturated heterocycles. The Hall–Kier alpha value is -1.01. The van der Waals surface area contributed by atoms with E-state index in [4.69, 9.17) is 4.42 Å². The molecule has 17 heavy (non-hydrogen) atoms. The third-order valence-corrected chi connectivity index (χ3v) is 3.03. The molecular weight excluding hydrogens is 240 g/mol. The zero-order valence-electron chi connectivity index (χ0n) is 9.98. The minimum absolute atomic E-state index is 0.193. The minimum atomic E-state index is -0.522. The molecule has 0 aromatic carbocycles. The van der Waals surface area contributed by atoms with Crippen molar-refractivity contribution in [1.82, 2.24) is 5.32 Å². The van der Waals surface area contributed by atoms with Crippen LogP contribution in [-0.4, -0.2) is 23.5 Å². The molecule has 6 heteroatoms. The van der Waals surface area contributed by atoms with E-state index in [-0.39, 0.29) is 5.88 Å². The summed E-state index contributed by atoms with van der Waals surface area (Å²) < 4.78 is 5.03. The average Bonchev–Trinajstić information content (AvgIpc) is 2.77. The predicted molar refractivity (Wildman–Crippen MR) is 69.3 cm³/mol. The second-order valence-electron chi connectivity index (χ2n) is 3.73. The lowest BCUT2D eigenvalue weighted by molar-refractivity contribution is -0.402. The topological polar surface area (TPSA) is 68.3 Å². The Balaban J connectivity index is 2.07. The number of rotatable bonds is 9. The Morgan fingerprint density at radius 1 is 1.41 bits per heavy atom. The van der Waals surface area contributed by atoms with Gasteiger partial charge in [-0.25, -0.2) is 0 Å². The molecule has 1 aromatic heterocycles. The lowest BCUT2D eigenvalue weighted by Gasteiger charge is -2.01. The normalized spacial score (nSPS) is 10.6. The zero-order valence-corrected chi connectivity index (χ0v) is 10.8.